The fraction of sp³-hybridized carbons (Fsp3) is 1.00. The van der Waals surface area contributed by atoms with Crippen molar-refractivity contribution in [3.63, 3.8) is 0 Å². The van der Waals surface area contributed by atoms with Crippen LogP contribution in [0.4, 0.5) is 0 Å². The maximum absolute atomic E-state index is 3.52. The molecule has 0 amide bonds. The second-order valence-electron chi connectivity index (χ2n) is 4.61. The topological polar surface area (TPSA) is 3.24 Å². The van der Waals surface area contributed by atoms with Crippen molar-refractivity contribution in [2.75, 3.05) is 18.9 Å². The number of halogens is 1. The van der Waals surface area contributed by atoms with Gasteiger partial charge in [-0.3, -0.25) is 0 Å². The highest BCUT2D eigenvalue weighted by molar-refractivity contribution is 9.09. The summed E-state index contributed by atoms with van der Waals surface area (Å²) in [4.78, 5) is 2.45. The molecule has 0 bridgehead atoms. The lowest BCUT2D eigenvalue weighted by Crippen LogP contribution is -2.31. The summed E-state index contributed by atoms with van der Waals surface area (Å²) in [6, 6.07) is 0.671. The first kappa shape index (κ1) is 15.4. The van der Waals surface area contributed by atoms with Gasteiger partial charge in [-0.1, -0.05) is 61.4 Å². The molecule has 0 saturated carbocycles. The fourth-order valence-electron chi connectivity index (χ4n) is 1.66. The minimum absolute atomic E-state index is 0.671. The zero-order valence-electron chi connectivity index (χ0n) is 10.8. The lowest BCUT2D eigenvalue weighted by molar-refractivity contribution is 0.271. The van der Waals surface area contributed by atoms with Gasteiger partial charge in [0.25, 0.3) is 0 Å². The van der Waals surface area contributed by atoms with Crippen molar-refractivity contribution in [1.29, 1.82) is 0 Å². The zero-order valence-corrected chi connectivity index (χ0v) is 12.4. The molecule has 0 fully saturated rings. The first-order valence-corrected chi connectivity index (χ1v) is 7.60. The van der Waals surface area contributed by atoms with E-state index < -0.39 is 0 Å². The quantitative estimate of drug-likeness (QED) is 0.421. The van der Waals surface area contributed by atoms with Gasteiger partial charge in [0, 0.05) is 11.4 Å². The lowest BCUT2D eigenvalue weighted by Gasteiger charge is -2.22. The van der Waals surface area contributed by atoms with E-state index >= 15 is 0 Å². The molecule has 0 aliphatic carbocycles. The summed E-state index contributed by atoms with van der Waals surface area (Å²) in [7, 11) is 2.23. The molecule has 0 rings (SSSR count). The Hall–Kier alpha value is 0.440. The van der Waals surface area contributed by atoms with Crippen molar-refractivity contribution in [2.45, 2.75) is 64.8 Å². The molecule has 0 N–H and O–H groups in total. The van der Waals surface area contributed by atoms with Crippen LogP contribution in [-0.2, 0) is 0 Å². The minimum atomic E-state index is 0.671. The largest absolute Gasteiger partial charge is 0.303 e. The molecule has 0 aliphatic rings. The maximum Gasteiger partial charge on any atom is 0.0185 e. The Morgan fingerprint density at radius 3 is 2.07 bits per heavy atom. The summed E-state index contributed by atoms with van der Waals surface area (Å²) in [5, 5.41) is 1.08. The van der Waals surface area contributed by atoms with Crippen LogP contribution in [0.15, 0.2) is 0 Å². The van der Waals surface area contributed by atoms with Crippen LogP contribution in [0, 0.1) is 0 Å². The first-order valence-electron chi connectivity index (χ1n) is 6.48. The Kier molecular flexibility index (Phi) is 11.3. The average molecular weight is 278 g/mol. The summed E-state index contributed by atoms with van der Waals surface area (Å²) in [6.07, 6.45) is 9.83. The van der Waals surface area contributed by atoms with E-state index in [9.17, 15) is 0 Å². The molecule has 92 valence electrons. The van der Waals surface area contributed by atoms with E-state index in [0.29, 0.717) is 6.04 Å². The van der Waals surface area contributed by atoms with Crippen molar-refractivity contribution in [1.82, 2.24) is 4.90 Å². The van der Waals surface area contributed by atoms with Gasteiger partial charge >= 0.3 is 0 Å². The van der Waals surface area contributed by atoms with Gasteiger partial charge in [0.15, 0.2) is 0 Å². The molecule has 0 spiro atoms. The smallest absolute Gasteiger partial charge is 0.0185 e. The number of hydrogen-bond donors (Lipinski definition) is 0. The Balaban J connectivity index is 3.16. The number of hydrogen-bond acceptors (Lipinski definition) is 1. The first-order chi connectivity index (χ1) is 7.22. The van der Waals surface area contributed by atoms with Gasteiger partial charge in [-0.25, -0.2) is 0 Å². The van der Waals surface area contributed by atoms with Crippen molar-refractivity contribution < 1.29 is 0 Å². The highest BCUT2D eigenvalue weighted by Crippen LogP contribution is 2.08. The second kappa shape index (κ2) is 10.9. The van der Waals surface area contributed by atoms with Gasteiger partial charge < -0.3 is 4.90 Å². The molecular weight excluding hydrogens is 250 g/mol. The molecule has 0 aromatic carbocycles. The highest BCUT2D eigenvalue weighted by Gasteiger charge is 2.05. The summed E-state index contributed by atoms with van der Waals surface area (Å²) in [5.41, 5.74) is 0. The third kappa shape index (κ3) is 9.37. The van der Waals surface area contributed by atoms with Crippen LogP contribution in [0.1, 0.15) is 58.8 Å². The van der Waals surface area contributed by atoms with E-state index in [0.717, 1.165) is 5.33 Å². The van der Waals surface area contributed by atoms with Crippen LogP contribution >= 0.6 is 15.9 Å². The highest BCUT2D eigenvalue weighted by atomic mass is 79.9. The van der Waals surface area contributed by atoms with E-state index in [1.54, 1.807) is 0 Å². The minimum Gasteiger partial charge on any atom is -0.303 e. The summed E-state index contributed by atoms with van der Waals surface area (Å²) < 4.78 is 0. The van der Waals surface area contributed by atoms with Crippen LogP contribution in [0.5, 0.6) is 0 Å². The van der Waals surface area contributed by atoms with Crippen LogP contribution in [0.3, 0.4) is 0 Å². The SMILES string of the molecule is CCCCCCCCCN(C)C(C)CBr. The molecule has 15 heavy (non-hydrogen) atoms. The maximum atomic E-state index is 3.52. The number of unbranched alkanes of at least 4 members (excludes halogenated alkanes) is 6. The van der Waals surface area contributed by atoms with Crippen molar-refractivity contribution in [3.8, 4) is 0 Å². The van der Waals surface area contributed by atoms with E-state index in [1.807, 2.05) is 0 Å². The zero-order chi connectivity index (χ0) is 11.5. The standard InChI is InChI=1S/C13H28BrN/c1-4-5-6-7-8-9-10-11-15(3)13(2)12-14/h13H,4-12H2,1-3H3. The van der Waals surface area contributed by atoms with Crippen molar-refractivity contribution in [2.24, 2.45) is 0 Å². The second-order valence-corrected chi connectivity index (χ2v) is 5.25. The Labute approximate surface area is 105 Å². The van der Waals surface area contributed by atoms with Crippen LogP contribution in [-0.4, -0.2) is 29.9 Å². The third-order valence-corrected chi connectivity index (χ3v) is 4.03. The van der Waals surface area contributed by atoms with Crippen LogP contribution < -0.4 is 0 Å². The summed E-state index contributed by atoms with van der Waals surface area (Å²) >= 11 is 3.52. The number of rotatable bonds is 10. The van der Waals surface area contributed by atoms with E-state index in [1.165, 1.54) is 51.5 Å². The molecule has 0 radical (unpaired) electrons. The van der Waals surface area contributed by atoms with Crippen LogP contribution in [0.2, 0.25) is 0 Å². The summed E-state index contributed by atoms with van der Waals surface area (Å²) in [6.45, 7) is 5.80. The summed E-state index contributed by atoms with van der Waals surface area (Å²) in [5.74, 6) is 0. The molecular formula is C13H28BrN. The van der Waals surface area contributed by atoms with Gasteiger partial charge in [-0.05, 0) is 26.9 Å². The van der Waals surface area contributed by atoms with E-state index in [-0.39, 0.29) is 0 Å². The van der Waals surface area contributed by atoms with E-state index in [2.05, 4.69) is 41.7 Å². The molecule has 0 saturated heterocycles. The predicted octanol–water partition coefficient (Wildman–Crippen LogP) is 4.45. The molecule has 1 unspecified atom stereocenters. The van der Waals surface area contributed by atoms with Crippen molar-refractivity contribution >= 4 is 15.9 Å². The Morgan fingerprint density at radius 2 is 1.53 bits per heavy atom. The third-order valence-electron chi connectivity index (χ3n) is 3.09. The molecule has 0 aromatic heterocycles. The Bertz CT molecular complexity index is 128. The molecule has 0 heterocycles. The van der Waals surface area contributed by atoms with Gasteiger partial charge in [0.2, 0.25) is 0 Å². The lowest BCUT2D eigenvalue weighted by atomic mass is 10.1. The number of nitrogens with zero attached hydrogens (tertiary/aromatic N) is 1. The van der Waals surface area contributed by atoms with Crippen LogP contribution in [0.25, 0.3) is 0 Å². The molecule has 0 aliphatic heterocycles. The van der Waals surface area contributed by atoms with E-state index in [4.69, 9.17) is 0 Å². The monoisotopic (exact) mass is 277 g/mol. The normalized spacial score (nSPS) is 13.4. The predicted molar refractivity (Wildman–Crippen MR) is 73.9 cm³/mol. The van der Waals surface area contributed by atoms with Gasteiger partial charge in [-0.2, -0.15) is 0 Å². The molecule has 0 aromatic rings. The molecule has 2 heteroatoms. The number of alkyl halides is 1. The van der Waals surface area contributed by atoms with Gasteiger partial charge in [0.1, 0.15) is 0 Å². The Morgan fingerprint density at radius 1 is 1.00 bits per heavy atom. The fourth-order valence-corrected chi connectivity index (χ4v) is 2.15. The molecule has 1 nitrogen and oxygen atoms in total. The molecule has 1 atom stereocenters. The van der Waals surface area contributed by atoms with Crippen molar-refractivity contribution in [3.05, 3.63) is 0 Å². The average Bonchev–Trinajstić information content (AvgIpc) is 2.26. The van der Waals surface area contributed by atoms with Gasteiger partial charge in [-0.15, -0.1) is 0 Å². The van der Waals surface area contributed by atoms with Gasteiger partial charge in [0.05, 0.1) is 0 Å².